The highest BCUT2D eigenvalue weighted by Crippen LogP contribution is 2.27. The Bertz CT molecular complexity index is 691. The van der Waals surface area contributed by atoms with E-state index in [1.807, 2.05) is 6.07 Å². The smallest absolute Gasteiger partial charge is 0.246 e. The van der Waals surface area contributed by atoms with Gasteiger partial charge in [-0.15, -0.1) is 0 Å². The predicted octanol–water partition coefficient (Wildman–Crippen LogP) is 0.924. The Morgan fingerprint density at radius 1 is 1.45 bits per heavy atom. The minimum Gasteiger partial charge on any atom is -0.358 e. The average molecular weight is 270 g/mol. The van der Waals surface area contributed by atoms with Gasteiger partial charge in [-0.05, 0) is 12.1 Å². The van der Waals surface area contributed by atoms with Crippen molar-refractivity contribution in [2.45, 2.75) is 0 Å². The van der Waals surface area contributed by atoms with Crippen molar-refractivity contribution in [3.63, 3.8) is 0 Å². The zero-order valence-electron chi connectivity index (χ0n) is 10.9. The van der Waals surface area contributed by atoms with Crippen LogP contribution in [0.5, 0.6) is 0 Å². The van der Waals surface area contributed by atoms with Crippen LogP contribution in [0.15, 0.2) is 37.3 Å². The summed E-state index contributed by atoms with van der Waals surface area (Å²) in [6.07, 6.45) is 6.46. The summed E-state index contributed by atoms with van der Waals surface area (Å²) in [5.74, 6) is -0.301. The van der Waals surface area contributed by atoms with Crippen molar-refractivity contribution < 1.29 is 9.59 Å². The van der Waals surface area contributed by atoms with Gasteiger partial charge >= 0.3 is 0 Å². The van der Waals surface area contributed by atoms with Gasteiger partial charge in [0.15, 0.2) is 0 Å². The Morgan fingerprint density at radius 2 is 2.30 bits per heavy atom. The molecule has 1 saturated heterocycles. The highest BCUT2D eigenvalue weighted by molar-refractivity contribution is 6.05. The molecule has 0 saturated carbocycles. The second kappa shape index (κ2) is 4.80. The Labute approximate surface area is 115 Å². The average Bonchev–Trinajstić information content (AvgIpc) is 2.90. The molecule has 2 aromatic rings. The summed E-state index contributed by atoms with van der Waals surface area (Å²) in [5.41, 5.74) is 1.72. The molecule has 1 N–H and O–H groups in total. The van der Waals surface area contributed by atoms with Crippen LogP contribution < -0.4 is 4.90 Å². The predicted molar refractivity (Wildman–Crippen MR) is 75.2 cm³/mol. The van der Waals surface area contributed by atoms with Crippen LogP contribution in [-0.2, 0) is 9.59 Å². The van der Waals surface area contributed by atoms with Crippen LogP contribution in [0.2, 0.25) is 0 Å². The molecule has 3 heterocycles. The van der Waals surface area contributed by atoms with E-state index in [1.165, 1.54) is 11.0 Å². The quantitative estimate of drug-likeness (QED) is 0.825. The summed E-state index contributed by atoms with van der Waals surface area (Å²) >= 11 is 0. The third-order valence-electron chi connectivity index (χ3n) is 3.46. The lowest BCUT2D eigenvalue weighted by Gasteiger charge is -2.33. The number of hydrogen-bond acceptors (Lipinski definition) is 3. The molecule has 0 unspecified atom stereocenters. The van der Waals surface area contributed by atoms with Crippen molar-refractivity contribution in [3.05, 3.63) is 37.3 Å². The van der Waals surface area contributed by atoms with E-state index in [0.29, 0.717) is 13.1 Å². The zero-order chi connectivity index (χ0) is 14.1. The molecule has 1 fully saturated rings. The van der Waals surface area contributed by atoms with Gasteiger partial charge in [0.1, 0.15) is 6.54 Å². The van der Waals surface area contributed by atoms with Crippen LogP contribution in [-0.4, -0.2) is 46.3 Å². The lowest BCUT2D eigenvalue weighted by molar-refractivity contribution is -0.133. The number of aromatic nitrogens is 2. The van der Waals surface area contributed by atoms with Crippen molar-refractivity contribution in [3.8, 4) is 0 Å². The van der Waals surface area contributed by atoms with Crippen LogP contribution in [0.1, 0.15) is 0 Å². The van der Waals surface area contributed by atoms with Gasteiger partial charge in [0.05, 0.1) is 17.4 Å². The maximum atomic E-state index is 12.2. The van der Waals surface area contributed by atoms with Crippen molar-refractivity contribution >= 4 is 28.4 Å². The second-order valence-corrected chi connectivity index (χ2v) is 4.60. The molecular formula is C14H14N4O2. The van der Waals surface area contributed by atoms with Gasteiger partial charge in [-0.3, -0.25) is 14.6 Å². The minimum absolute atomic E-state index is 0.0859. The lowest BCUT2D eigenvalue weighted by atomic mass is 10.2. The first-order valence-corrected chi connectivity index (χ1v) is 6.33. The zero-order valence-corrected chi connectivity index (χ0v) is 10.9. The van der Waals surface area contributed by atoms with Gasteiger partial charge in [-0.2, -0.15) is 0 Å². The number of anilines is 1. The number of fused-ring (bicyclic) bond motifs is 1. The van der Waals surface area contributed by atoms with Crippen LogP contribution in [0, 0.1) is 0 Å². The van der Waals surface area contributed by atoms with E-state index in [0.717, 1.165) is 16.6 Å². The van der Waals surface area contributed by atoms with Gasteiger partial charge in [0, 0.05) is 30.9 Å². The molecule has 6 heteroatoms. The molecule has 3 rings (SSSR count). The highest BCUT2D eigenvalue weighted by atomic mass is 16.2. The van der Waals surface area contributed by atoms with Crippen molar-refractivity contribution in [1.29, 1.82) is 0 Å². The van der Waals surface area contributed by atoms with Crippen LogP contribution in [0.3, 0.4) is 0 Å². The Hall–Kier alpha value is -2.63. The lowest BCUT2D eigenvalue weighted by Crippen LogP contribution is -2.52. The topological polar surface area (TPSA) is 69.3 Å². The molecule has 0 aromatic carbocycles. The van der Waals surface area contributed by atoms with Crippen molar-refractivity contribution in [2.75, 3.05) is 24.5 Å². The van der Waals surface area contributed by atoms with E-state index in [-0.39, 0.29) is 18.4 Å². The molecular weight excluding hydrogens is 256 g/mol. The van der Waals surface area contributed by atoms with E-state index < -0.39 is 0 Å². The molecule has 6 nitrogen and oxygen atoms in total. The summed E-state index contributed by atoms with van der Waals surface area (Å²) in [6, 6.07) is 1.87. The van der Waals surface area contributed by atoms with E-state index in [2.05, 4.69) is 16.5 Å². The molecule has 2 amide bonds. The van der Waals surface area contributed by atoms with E-state index in [1.54, 1.807) is 23.5 Å². The molecule has 0 atom stereocenters. The number of rotatable bonds is 2. The van der Waals surface area contributed by atoms with E-state index in [9.17, 15) is 9.59 Å². The number of aromatic amines is 1. The molecule has 0 aliphatic carbocycles. The molecule has 102 valence electrons. The third kappa shape index (κ3) is 1.95. The first kappa shape index (κ1) is 12.4. The molecule has 1 aliphatic rings. The van der Waals surface area contributed by atoms with Crippen LogP contribution in [0.25, 0.3) is 10.9 Å². The Balaban J connectivity index is 1.87. The summed E-state index contributed by atoms with van der Waals surface area (Å²) in [7, 11) is 0. The monoisotopic (exact) mass is 270 g/mol. The molecule has 1 aliphatic heterocycles. The van der Waals surface area contributed by atoms with Gasteiger partial charge in [0.25, 0.3) is 0 Å². The summed E-state index contributed by atoms with van der Waals surface area (Å²) in [6.45, 7) is 4.52. The first-order valence-electron chi connectivity index (χ1n) is 6.33. The molecule has 0 bridgehead atoms. The summed E-state index contributed by atoms with van der Waals surface area (Å²) in [5, 5.41) is 0.955. The standard InChI is InChI=1S/C14H14N4O2/c1-2-13(19)17-5-6-18(14(20)9-17)12-8-16-11-7-15-4-3-10(11)12/h2-4,7-8,16H,1,5-6,9H2. The van der Waals surface area contributed by atoms with E-state index >= 15 is 0 Å². The highest BCUT2D eigenvalue weighted by Gasteiger charge is 2.28. The third-order valence-corrected chi connectivity index (χ3v) is 3.46. The fraction of sp³-hybridized carbons (Fsp3) is 0.214. The SMILES string of the molecule is C=CC(=O)N1CCN(c2c[nH]c3cnccc23)C(=O)C1. The number of carbonyl (C=O) groups is 2. The summed E-state index contributed by atoms with van der Waals surface area (Å²) < 4.78 is 0. The van der Waals surface area contributed by atoms with Gasteiger partial charge < -0.3 is 14.8 Å². The van der Waals surface area contributed by atoms with Gasteiger partial charge in [-0.1, -0.05) is 6.58 Å². The Morgan fingerprint density at radius 3 is 3.05 bits per heavy atom. The molecule has 0 spiro atoms. The van der Waals surface area contributed by atoms with Crippen LogP contribution >= 0.6 is 0 Å². The number of piperazine rings is 1. The van der Waals surface area contributed by atoms with Crippen molar-refractivity contribution in [2.24, 2.45) is 0 Å². The Kier molecular flexibility index (Phi) is 2.98. The second-order valence-electron chi connectivity index (χ2n) is 4.60. The number of nitrogens with one attached hydrogen (secondary N) is 1. The number of H-pyrrole nitrogens is 1. The number of nitrogens with zero attached hydrogens (tertiary/aromatic N) is 3. The maximum absolute atomic E-state index is 12.2. The number of carbonyl (C=O) groups excluding carboxylic acids is 2. The normalized spacial score (nSPS) is 15.7. The number of pyridine rings is 1. The molecule has 20 heavy (non-hydrogen) atoms. The molecule has 0 radical (unpaired) electrons. The number of amides is 2. The van der Waals surface area contributed by atoms with Crippen LogP contribution in [0.4, 0.5) is 5.69 Å². The van der Waals surface area contributed by atoms with Gasteiger partial charge in [0.2, 0.25) is 11.8 Å². The summed E-state index contributed by atoms with van der Waals surface area (Å²) in [4.78, 5) is 34.1. The fourth-order valence-electron chi connectivity index (χ4n) is 2.43. The van der Waals surface area contributed by atoms with Crippen molar-refractivity contribution in [1.82, 2.24) is 14.9 Å². The minimum atomic E-state index is -0.207. The first-order chi connectivity index (χ1) is 9.70. The maximum Gasteiger partial charge on any atom is 0.246 e. The number of hydrogen-bond donors (Lipinski definition) is 1. The largest absolute Gasteiger partial charge is 0.358 e. The van der Waals surface area contributed by atoms with Gasteiger partial charge in [-0.25, -0.2) is 0 Å². The van der Waals surface area contributed by atoms with E-state index in [4.69, 9.17) is 0 Å². The fourth-order valence-corrected chi connectivity index (χ4v) is 2.43. The molecule has 2 aromatic heterocycles.